The monoisotopic (exact) mass is 595 g/mol. The van der Waals surface area contributed by atoms with Crippen molar-refractivity contribution in [3.8, 4) is 16.9 Å². The molecule has 0 spiro atoms. The van der Waals surface area contributed by atoms with Gasteiger partial charge in [-0.3, -0.25) is 9.79 Å². The molecule has 0 bridgehead atoms. The molecule has 0 aliphatic carbocycles. The lowest BCUT2D eigenvalue weighted by atomic mass is 9.88. The molecule has 12 heteroatoms. The second kappa shape index (κ2) is 13.0. The average Bonchev–Trinajstić information content (AvgIpc) is 3.36. The van der Waals surface area contributed by atoms with Crippen LogP contribution in [-0.2, 0) is 14.3 Å². The third-order valence-corrected chi connectivity index (χ3v) is 6.99. The van der Waals surface area contributed by atoms with Crippen molar-refractivity contribution in [1.29, 1.82) is 0 Å². The Balaban J connectivity index is 1.84. The fourth-order valence-electron chi connectivity index (χ4n) is 4.59. The summed E-state index contributed by atoms with van der Waals surface area (Å²) in [5.41, 5.74) is 18.8. The molecule has 3 atom stereocenters. The first kappa shape index (κ1) is 29.9. The molecule has 214 valence electrons. The summed E-state index contributed by atoms with van der Waals surface area (Å²) < 4.78 is 6.75. The minimum absolute atomic E-state index is 0.108. The highest BCUT2D eigenvalue weighted by atomic mass is 35.5. The standard InChI is InChI=1S/C29H31Cl2N7O3/c1-16(32)27(39)23(9-10-35-29(33)34)26(28(40)41-2)36-25-15-24(19-11-20(30)14-21(31)12-19)37-38(25)22-8-7-17-5-3-4-6-18(17)13-22/h3-8,11-16,23,26,36H,9-10,32H2,1-2H3,(H4,33,34,35)/t16-,23?,26-/m0/s1. The van der Waals surface area contributed by atoms with Gasteiger partial charge in [-0.15, -0.1) is 0 Å². The predicted molar refractivity (Wildman–Crippen MR) is 163 cm³/mol. The lowest BCUT2D eigenvalue weighted by Crippen LogP contribution is -2.47. The highest BCUT2D eigenvalue weighted by Gasteiger charge is 2.36. The number of nitrogens with zero attached hydrogens (tertiary/aromatic N) is 3. The Morgan fingerprint density at radius 3 is 2.34 bits per heavy atom. The Morgan fingerprint density at radius 1 is 1.02 bits per heavy atom. The van der Waals surface area contributed by atoms with Gasteiger partial charge in [-0.2, -0.15) is 5.10 Å². The number of fused-ring (bicyclic) bond motifs is 1. The van der Waals surface area contributed by atoms with Crippen LogP contribution in [-0.4, -0.2) is 53.2 Å². The molecule has 4 aromatic rings. The van der Waals surface area contributed by atoms with Crippen LogP contribution in [0.5, 0.6) is 0 Å². The molecule has 1 aromatic heterocycles. The van der Waals surface area contributed by atoms with E-state index in [0.717, 1.165) is 10.8 Å². The lowest BCUT2D eigenvalue weighted by Gasteiger charge is -2.27. The molecule has 0 aliphatic rings. The molecule has 0 saturated carbocycles. The molecule has 3 aromatic carbocycles. The molecular weight excluding hydrogens is 565 g/mol. The van der Waals surface area contributed by atoms with E-state index >= 15 is 0 Å². The maximum atomic E-state index is 13.2. The number of benzene rings is 3. The summed E-state index contributed by atoms with van der Waals surface area (Å²) in [6, 6.07) is 18.6. The van der Waals surface area contributed by atoms with Crippen molar-refractivity contribution in [2.75, 3.05) is 19.0 Å². The lowest BCUT2D eigenvalue weighted by molar-refractivity contribution is -0.145. The minimum Gasteiger partial charge on any atom is -0.467 e. The van der Waals surface area contributed by atoms with Gasteiger partial charge >= 0.3 is 5.97 Å². The predicted octanol–water partition coefficient (Wildman–Crippen LogP) is 4.15. The largest absolute Gasteiger partial charge is 0.467 e. The Kier molecular flexibility index (Phi) is 9.49. The summed E-state index contributed by atoms with van der Waals surface area (Å²) in [6.07, 6.45) is 0.145. The van der Waals surface area contributed by atoms with E-state index in [9.17, 15) is 9.59 Å². The summed E-state index contributed by atoms with van der Waals surface area (Å²) in [4.78, 5) is 30.4. The number of hydrogen-bond donors (Lipinski definition) is 4. The number of carbonyl (C=O) groups is 2. The molecule has 0 aliphatic heterocycles. The highest BCUT2D eigenvalue weighted by Crippen LogP contribution is 2.31. The molecule has 0 radical (unpaired) electrons. The second-order valence-corrected chi connectivity index (χ2v) is 10.4. The SMILES string of the molecule is COC(=O)[C@@H](Nc1cc(-c2cc(Cl)cc(Cl)c2)nn1-c1ccc2ccccc2c1)C(CCN=C(N)N)C(=O)[C@H](C)N. The number of ether oxygens (including phenoxy) is 1. The number of rotatable bonds is 11. The first-order valence-corrected chi connectivity index (χ1v) is 13.6. The van der Waals surface area contributed by atoms with Gasteiger partial charge in [0.25, 0.3) is 0 Å². The van der Waals surface area contributed by atoms with Gasteiger partial charge in [0.1, 0.15) is 11.9 Å². The van der Waals surface area contributed by atoms with E-state index in [4.69, 9.17) is 50.2 Å². The van der Waals surface area contributed by atoms with Crippen molar-refractivity contribution in [2.24, 2.45) is 28.1 Å². The number of carbonyl (C=O) groups excluding carboxylic acids is 2. The fraction of sp³-hybridized carbons (Fsp3) is 0.241. The van der Waals surface area contributed by atoms with Gasteiger partial charge in [0.2, 0.25) is 0 Å². The second-order valence-electron chi connectivity index (χ2n) is 9.55. The van der Waals surface area contributed by atoms with Crippen LogP contribution in [0.2, 0.25) is 10.0 Å². The van der Waals surface area contributed by atoms with Crippen molar-refractivity contribution >= 4 is 57.5 Å². The van der Waals surface area contributed by atoms with Crippen LogP contribution in [0.15, 0.2) is 71.7 Å². The van der Waals surface area contributed by atoms with E-state index in [-0.39, 0.29) is 24.7 Å². The van der Waals surface area contributed by atoms with Crippen molar-refractivity contribution in [2.45, 2.75) is 25.4 Å². The van der Waals surface area contributed by atoms with E-state index in [1.807, 2.05) is 42.5 Å². The summed E-state index contributed by atoms with van der Waals surface area (Å²) in [5.74, 6) is -1.62. The number of halogens is 2. The number of nitrogens with two attached hydrogens (primary N) is 3. The highest BCUT2D eigenvalue weighted by molar-refractivity contribution is 6.35. The fourth-order valence-corrected chi connectivity index (χ4v) is 5.11. The average molecular weight is 597 g/mol. The smallest absolute Gasteiger partial charge is 0.329 e. The zero-order chi connectivity index (χ0) is 29.7. The van der Waals surface area contributed by atoms with Crippen molar-refractivity contribution in [3.05, 3.63) is 76.8 Å². The van der Waals surface area contributed by atoms with Gasteiger partial charge in [-0.05, 0) is 54.4 Å². The van der Waals surface area contributed by atoms with Crippen molar-refractivity contribution in [1.82, 2.24) is 9.78 Å². The van der Waals surface area contributed by atoms with E-state index in [0.29, 0.717) is 32.8 Å². The number of Topliss-reactive ketones (excluding diaryl/α,β-unsaturated/α-hetero) is 1. The summed E-state index contributed by atoms with van der Waals surface area (Å²) in [6.45, 7) is 1.67. The molecule has 0 amide bonds. The van der Waals surface area contributed by atoms with Gasteiger partial charge in [-0.1, -0.05) is 53.5 Å². The number of hydrogen-bond acceptors (Lipinski definition) is 7. The van der Waals surface area contributed by atoms with Crippen LogP contribution >= 0.6 is 23.2 Å². The van der Waals surface area contributed by atoms with Gasteiger partial charge in [0.15, 0.2) is 11.7 Å². The zero-order valence-corrected chi connectivity index (χ0v) is 24.1. The van der Waals surface area contributed by atoms with Crippen LogP contribution in [0.4, 0.5) is 5.82 Å². The van der Waals surface area contributed by atoms with Crippen LogP contribution < -0.4 is 22.5 Å². The minimum atomic E-state index is -1.13. The quantitative estimate of drug-likeness (QED) is 0.114. The number of aromatic nitrogens is 2. The van der Waals surface area contributed by atoms with Gasteiger partial charge in [0, 0.05) is 28.2 Å². The van der Waals surface area contributed by atoms with Gasteiger partial charge < -0.3 is 27.3 Å². The van der Waals surface area contributed by atoms with Crippen LogP contribution in [0.3, 0.4) is 0 Å². The van der Waals surface area contributed by atoms with Crippen molar-refractivity contribution < 1.29 is 14.3 Å². The summed E-state index contributed by atoms with van der Waals surface area (Å²) >= 11 is 12.6. The summed E-state index contributed by atoms with van der Waals surface area (Å²) in [5, 5.41) is 11.0. The Hall–Kier alpha value is -4.12. The molecule has 4 rings (SSSR count). The third-order valence-electron chi connectivity index (χ3n) is 6.55. The van der Waals surface area contributed by atoms with E-state index < -0.39 is 24.0 Å². The Labute approximate surface area is 247 Å². The van der Waals surface area contributed by atoms with Gasteiger partial charge in [0.05, 0.1) is 30.5 Å². The van der Waals surface area contributed by atoms with E-state index in [1.165, 1.54) is 7.11 Å². The summed E-state index contributed by atoms with van der Waals surface area (Å²) in [7, 11) is 1.25. The molecule has 10 nitrogen and oxygen atoms in total. The maximum Gasteiger partial charge on any atom is 0.329 e. The maximum absolute atomic E-state index is 13.2. The van der Waals surface area contributed by atoms with Crippen molar-refractivity contribution in [3.63, 3.8) is 0 Å². The number of methoxy groups -OCH3 is 1. The van der Waals surface area contributed by atoms with Crippen LogP contribution in [0.25, 0.3) is 27.7 Å². The molecule has 1 unspecified atom stereocenters. The molecule has 41 heavy (non-hydrogen) atoms. The number of aliphatic imine (C=N–C) groups is 1. The number of esters is 1. The number of anilines is 1. The number of ketones is 1. The number of nitrogens with one attached hydrogen (secondary N) is 1. The van der Waals surface area contributed by atoms with Crippen LogP contribution in [0, 0.1) is 5.92 Å². The van der Waals surface area contributed by atoms with E-state index in [1.54, 1.807) is 35.9 Å². The molecule has 7 N–H and O–H groups in total. The molecule has 0 saturated heterocycles. The molecule has 1 heterocycles. The third kappa shape index (κ3) is 7.15. The first-order valence-electron chi connectivity index (χ1n) is 12.8. The first-order chi connectivity index (χ1) is 19.6. The Morgan fingerprint density at radius 2 is 1.71 bits per heavy atom. The van der Waals surface area contributed by atoms with E-state index in [2.05, 4.69) is 10.3 Å². The van der Waals surface area contributed by atoms with Gasteiger partial charge in [-0.25, -0.2) is 9.48 Å². The number of guanidine groups is 1. The Bertz CT molecular complexity index is 1580. The topological polar surface area (TPSA) is 164 Å². The molecular formula is C29H31Cl2N7O3. The normalized spacial score (nSPS) is 13.3. The zero-order valence-electron chi connectivity index (χ0n) is 22.6. The molecule has 0 fully saturated rings. The van der Waals surface area contributed by atoms with Crippen LogP contribution in [0.1, 0.15) is 13.3 Å².